The number of carboxylic acid groups (broad SMARTS) is 1. The Balaban J connectivity index is 1.35. The molecule has 9 nitrogen and oxygen atoms in total. The number of aliphatic carboxylic acids is 1. The number of aromatic amines is 1. The lowest BCUT2D eigenvalue weighted by Gasteiger charge is -2.28. The summed E-state index contributed by atoms with van der Waals surface area (Å²) in [4.78, 5) is 16.0. The Kier molecular flexibility index (Phi) is 7.35. The summed E-state index contributed by atoms with van der Waals surface area (Å²) in [7, 11) is 0. The second-order valence-corrected chi connectivity index (χ2v) is 11.3. The maximum Gasteiger partial charge on any atom is 0.303 e. The predicted octanol–water partition coefficient (Wildman–Crippen LogP) is 5.61. The van der Waals surface area contributed by atoms with Gasteiger partial charge < -0.3 is 5.11 Å². The molecule has 0 aliphatic heterocycles. The normalized spacial score (nSPS) is 18.0. The number of hydrogen-bond donors (Lipinski definition) is 2. The van der Waals surface area contributed by atoms with E-state index in [-0.39, 0.29) is 11.8 Å². The minimum Gasteiger partial charge on any atom is -0.481 e. The molecule has 38 heavy (non-hydrogen) atoms. The molecule has 2 heterocycles. The zero-order valence-electron chi connectivity index (χ0n) is 22.3. The van der Waals surface area contributed by atoms with Crippen LogP contribution in [0, 0.1) is 5.92 Å². The Morgan fingerprint density at radius 2 is 1.74 bits per heavy atom. The van der Waals surface area contributed by atoms with Gasteiger partial charge in [0.2, 0.25) is 0 Å². The maximum absolute atomic E-state index is 11.0. The van der Waals surface area contributed by atoms with E-state index in [1.165, 1.54) is 0 Å². The van der Waals surface area contributed by atoms with Crippen LogP contribution >= 0.6 is 0 Å². The molecule has 1 saturated carbocycles. The quantitative estimate of drug-likeness (QED) is 0.314. The zero-order valence-corrected chi connectivity index (χ0v) is 22.3. The molecule has 1 aliphatic carbocycles. The molecule has 2 aromatic carbocycles. The van der Waals surface area contributed by atoms with Gasteiger partial charge in [-0.2, -0.15) is 5.10 Å². The number of rotatable bonds is 8. The third kappa shape index (κ3) is 5.82. The first-order valence-electron chi connectivity index (χ1n) is 13.4. The van der Waals surface area contributed by atoms with E-state index in [0.29, 0.717) is 24.2 Å². The molecule has 1 aliphatic rings. The number of H-pyrrole nitrogens is 1. The fraction of sp³-hybridized carbons (Fsp3) is 0.448. The van der Waals surface area contributed by atoms with Crippen LogP contribution in [0.25, 0.3) is 22.5 Å². The number of carboxylic acids is 1. The number of tetrazole rings is 1. The van der Waals surface area contributed by atoms with E-state index in [1.807, 2.05) is 18.2 Å². The third-order valence-electron chi connectivity index (χ3n) is 7.47. The van der Waals surface area contributed by atoms with Gasteiger partial charge in [-0.05, 0) is 65.1 Å². The SMILES string of the molecule is CC(C)(C)c1nc(C2CCC(CCC(=O)O)CC2)n(Cc2ccc(-c3ccccc3-c3nnn[nH]3)cc2)n1. The van der Waals surface area contributed by atoms with E-state index >= 15 is 0 Å². The summed E-state index contributed by atoms with van der Waals surface area (Å²) >= 11 is 0. The highest BCUT2D eigenvalue weighted by molar-refractivity contribution is 5.80. The second kappa shape index (κ2) is 10.8. The van der Waals surface area contributed by atoms with Gasteiger partial charge in [-0.25, -0.2) is 14.8 Å². The molecular weight excluding hydrogens is 478 g/mol. The van der Waals surface area contributed by atoms with E-state index in [1.54, 1.807) is 0 Å². The van der Waals surface area contributed by atoms with Crippen molar-refractivity contribution in [3.63, 3.8) is 0 Å². The summed E-state index contributed by atoms with van der Waals surface area (Å²) in [6.07, 6.45) is 5.17. The van der Waals surface area contributed by atoms with Gasteiger partial charge in [0.25, 0.3) is 0 Å². The fourth-order valence-corrected chi connectivity index (χ4v) is 5.30. The van der Waals surface area contributed by atoms with Crippen molar-refractivity contribution < 1.29 is 9.90 Å². The first-order chi connectivity index (χ1) is 18.3. The van der Waals surface area contributed by atoms with Crippen molar-refractivity contribution in [2.24, 2.45) is 5.92 Å². The van der Waals surface area contributed by atoms with Gasteiger partial charge in [0.15, 0.2) is 11.6 Å². The monoisotopic (exact) mass is 513 g/mol. The number of hydrogen-bond acceptors (Lipinski definition) is 6. The molecule has 0 unspecified atom stereocenters. The molecule has 9 heteroatoms. The molecule has 2 N–H and O–H groups in total. The first kappa shape index (κ1) is 25.8. The molecule has 0 spiro atoms. The van der Waals surface area contributed by atoms with Gasteiger partial charge in [0, 0.05) is 23.3 Å². The van der Waals surface area contributed by atoms with Gasteiger partial charge >= 0.3 is 5.97 Å². The molecule has 1 fully saturated rings. The van der Waals surface area contributed by atoms with Crippen LogP contribution < -0.4 is 0 Å². The first-order valence-corrected chi connectivity index (χ1v) is 13.4. The average Bonchev–Trinajstić information content (AvgIpc) is 3.59. The predicted molar refractivity (Wildman–Crippen MR) is 144 cm³/mol. The molecular formula is C29H35N7O2. The Morgan fingerprint density at radius 1 is 1.03 bits per heavy atom. The van der Waals surface area contributed by atoms with Gasteiger partial charge in [0.1, 0.15) is 5.82 Å². The van der Waals surface area contributed by atoms with Crippen molar-refractivity contribution in [3.8, 4) is 22.5 Å². The fourth-order valence-electron chi connectivity index (χ4n) is 5.30. The van der Waals surface area contributed by atoms with Crippen LogP contribution in [0.5, 0.6) is 0 Å². The minimum atomic E-state index is -0.703. The average molecular weight is 514 g/mol. The summed E-state index contributed by atoms with van der Waals surface area (Å²) in [5.41, 5.74) is 4.14. The smallest absolute Gasteiger partial charge is 0.303 e. The highest BCUT2D eigenvalue weighted by Gasteiger charge is 2.29. The Morgan fingerprint density at radius 3 is 2.37 bits per heavy atom. The number of aromatic nitrogens is 7. The zero-order chi connectivity index (χ0) is 26.7. The van der Waals surface area contributed by atoms with Gasteiger partial charge in [0.05, 0.1) is 6.54 Å². The van der Waals surface area contributed by atoms with Gasteiger partial charge in [-0.1, -0.05) is 69.3 Å². The molecule has 2 aromatic heterocycles. The number of benzene rings is 2. The Hall–Kier alpha value is -3.88. The summed E-state index contributed by atoms with van der Waals surface area (Å²) in [6.45, 7) is 7.10. The van der Waals surface area contributed by atoms with Crippen molar-refractivity contribution in [2.45, 2.75) is 77.2 Å². The van der Waals surface area contributed by atoms with Crippen LogP contribution in [0.15, 0.2) is 48.5 Å². The summed E-state index contributed by atoms with van der Waals surface area (Å²) < 4.78 is 2.09. The highest BCUT2D eigenvalue weighted by atomic mass is 16.4. The van der Waals surface area contributed by atoms with Gasteiger partial charge in [-0.3, -0.25) is 4.79 Å². The van der Waals surface area contributed by atoms with Crippen LogP contribution in [0.3, 0.4) is 0 Å². The van der Waals surface area contributed by atoms with E-state index in [4.69, 9.17) is 15.2 Å². The summed E-state index contributed by atoms with van der Waals surface area (Å²) in [5.74, 6) is 2.70. The van der Waals surface area contributed by atoms with E-state index < -0.39 is 5.97 Å². The second-order valence-electron chi connectivity index (χ2n) is 11.3. The van der Waals surface area contributed by atoms with Crippen molar-refractivity contribution >= 4 is 5.97 Å². The highest BCUT2D eigenvalue weighted by Crippen LogP contribution is 2.38. The third-order valence-corrected chi connectivity index (χ3v) is 7.47. The topological polar surface area (TPSA) is 122 Å². The number of nitrogens with zero attached hydrogens (tertiary/aromatic N) is 6. The number of carbonyl (C=O) groups is 1. The molecule has 0 atom stereocenters. The van der Waals surface area contributed by atoms with Crippen LogP contribution in [0.4, 0.5) is 0 Å². The Bertz CT molecular complexity index is 1360. The summed E-state index contributed by atoms with van der Waals surface area (Å²) in [5, 5.41) is 28.4. The van der Waals surface area contributed by atoms with E-state index in [2.05, 4.69) is 76.4 Å². The lowest BCUT2D eigenvalue weighted by Crippen LogP contribution is -2.18. The minimum absolute atomic E-state index is 0.137. The lowest BCUT2D eigenvalue weighted by molar-refractivity contribution is -0.137. The number of nitrogens with one attached hydrogen (secondary N) is 1. The molecule has 198 valence electrons. The molecule has 5 rings (SSSR count). The van der Waals surface area contributed by atoms with E-state index in [0.717, 1.165) is 66.0 Å². The van der Waals surface area contributed by atoms with Crippen LogP contribution in [-0.2, 0) is 16.8 Å². The van der Waals surface area contributed by atoms with Crippen LogP contribution in [-0.4, -0.2) is 46.5 Å². The van der Waals surface area contributed by atoms with Crippen molar-refractivity contribution in [3.05, 3.63) is 65.7 Å². The molecule has 0 bridgehead atoms. The standard InChI is InChI=1S/C29H35N7O2/c1-29(2,3)28-30-27(22-15-8-19(9-16-22)12-17-25(37)38)36(33-28)18-20-10-13-21(14-11-20)23-6-4-5-7-24(23)26-31-34-35-32-26/h4-7,10-11,13-14,19,22H,8-9,12,15-18H2,1-3H3,(H,37,38)(H,31,32,34,35). The maximum atomic E-state index is 11.0. The lowest BCUT2D eigenvalue weighted by atomic mass is 9.79. The Labute approximate surface area is 222 Å². The molecule has 4 aromatic rings. The van der Waals surface area contributed by atoms with Crippen molar-refractivity contribution in [2.75, 3.05) is 0 Å². The molecule has 0 amide bonds. The largest absolute Gasteiger partial charge is 0.481 e. The van der Waals surface area contributed by atoms with Crippen molar-refractivity contribution in [1.82, 2.24) is 35.4 Å². The van der Waals surface area contributed by atoms with Crippen LogP contribution in [0.1, 0.15) is 82.4 Å². The van der Waals surface area contributed by atoms with Crippen LogP contribution in [0.2, 0.25) is 0 Å². The van der Waals surface area contributed by atoms with E-state index in [9.17, 15) is 4.79 Å². The summed E-state index contributed by atoms with van der Waals surface area (Å²) in [6, 6.07) is 16.6. The van der Waals surface area contributed by atoms with Gasteiger partial charge in [-0.15, -0.1) is 5.10 Å². The molecule has 0 radical (unpaired) electrons. The van der Waals surface area contributed by atoms with Crippen molar-refractivity contribution in [1.29, 1.82) is 0 Å². The molecule has 0 saturated heterocycles.